The molecule has 2 aromatic carbocycles. The van der Waals surface area contributed by atoms with Crippen LogP contribution in [0.2, 0.25) is 5.02 Å². The molecule has 0 aliphatic carbocycles. The summed E-state index contributed by atoms with van der Waals surface area (Å²) in [6, 6.07) is 11.3. The molecule has 0 fully saturated rings. The van der Waals surface area contributed by atoms with Gasteiger partial charge in [-0.25, -0.2) is 0 Å². The van der Waals surface area contributed by atoms with Crippen LogP contribution in [0.15, 0.2) is 56.8 Å². The number of amides is 1. The fourth-order valence-electron chi connectivity index (χ4n) is 2.24. The molecular formula is C18H10Br2ClNO3S. The first-order valence-corrected chi connectivity index (χ1v) is 10.1. The average molecular weight is 516 g/mol. The van der Waals surface area contributed by atoms with E-state index in [1.165, 1.54) is 23.5 Å². The molecule has 0 unspecified atom stereocenters. The van der Waals surface area contributed by atoms with Gasteiger partial charge in [0.25, 0.3) is 5.91 Å². The van der Waals surface area contributed by atoms with E-state index in [9.17, 15) is 14.7 Å². The smallest absolute Gasteiger partial charge is 0.259 e. The Morgan fingerprint density at radius 2 is 1.88 bits per heavy atom. The third kappa shape index (κ3) is 4.01. The van der Waals surface area contributed by atoms with Crippen LogP contribution in [-0.2, 0) is 0 Å². The van der Waals surface area contributed by atoms with Crippen molar-refractivity contribution in [2.75, 3.05) is 5.32 Å². The molecule has 0 saturated carbocycles. The standard InChI is InChI=1S/C18H10Br2ClNO3S/c19-10-7-11(17(24)12(20)8-10)18(25)22-14-6-9(3-4-13(14)21)16(23)15-2-1-5-26-15/h1-8,24H,(H,22,25). The highest BCUT2D eigenvalue weighted by Crippen LogP contribution is 2.33. The van der Waals surface area contributed by atoms with E-state index in [2.05, 4.69) is 37.2 Å². The summed E-state index contributed by atoms with van der Waals surface area (Å²) in [6.45, 7) is 0. The zero-order valence-electron chi connectivity index (χ0n) is 12.9. The fraction of sp³-hybridized carbons (Fsp3) is 0. The average Bonchev–Trinajstić information content (AvgIpc) is 3.13. The Hall–Kier alpha value is -1.67. The summed E-state index contributed by atoms with van der Waals surface area (Å²) in [5.74, 6) is -0.889. The first kappa shape index (κ1) is 19.1. The number of benzene rings is 2. The number of hydrogen-bond donors (Lipinski definition) is 2. The highest BCUT2D eigenvalue weighted by molar-refractivity contribution is 9.11. The maximum Gasteiger partial charge on any atom is 0.259 e. The van der Waals surface area contributed by atoms with Crippen molar-refractivity contribution in [3.63, 3.8) is 0 Å². The van der Waals surface area contributed by atoms with Gasteiger partial charge in [-0.05, 0) is 57.7 Å². The van der Waals surface area contributed by atoms with E-state index in [4.69, 9.17) is 11.6 Å². The normalized spacial score (nSPS) is 10.6. The molecule has 0 spiro atoms. The van der Waals surface area contributed by atoms with E-state index in [1.54, 1.807) is 30.3 Å². The molecule has 8 heteroatoms. The van der Waals surface area contributed by atoms with Gasteiger partial charge in [-0.15, -0.1) is 11.3 Å². The molecular weight excluding hydrogens is 506 g/mol. The topological polar surface area (TPSA) is 66.4 Å². The number of carbonyl (C=O) groups excluding carboxylic acids is 2. The molecule has 26 heavy (non-hydrogen) atoms. The molecule has 3 aromatic rings. The second-order valence-electron chi connectivity index (χ2n) is 5.24. The lowest BCUT2D eigenvalue weighted by molar-refractivity contribution is 0.101. The molecule has 0 bridgehead atoms. The third-order valence-corrected chi connectivity index (χ3v) is 5.76. The monoisotopic (exact) mass is 513 g/mol. The van der Waals surface area contributed by atoms with Crippen LogP contribution in [0.5, 0.6) is 5.75 Å². The number of halogens is 3. The first-order valence-electron chi connectivity index (χ1n) is 7.24. The van der Waals surface area contributed by atoms with Crippen LogP contribution in [-0.4, -0.2) is 16.8 Å². The van der Waals surface area contributed by atoms with E-state index >= 15 is 0 Å². The van der Waals surface area contributed by atoms with Crippen LogP contribution in [0.1, 0.15) is 25.6 Å². The van der Waals surface area contributed by atoms with Crippen molar-refractivity contribution in [2.45, 2.75) is 0 Å². The number of thiophene rings is 1. The summed E-state index contributed by atoms with van der Waals surface area (Å²) < 4.78 is 1.00. The summed E-state index contributed by atoms with van der Waals surface area (Å²) in [4.78, 5) is 25.6. The SMILES string of the molecule is O=C(c1ccc(Cl)c(NC(=O)c2cc(Br)cc(Br)c2O)c1)c1cccs1. The van der Waals surface area contributed by atoms with Crippen LogP contribution >= 0.6 is 54.8 Å². The number of carbonyl (C=O) groups is 2. The molecule has 0 atom stereocenters. The Morgan fingerprint density at radius 1 is 1.12 bits per heavy atom. The molecule has 0 saturated heterocycles. The zero-order chi connectivity index (χ0) is 18.8. The van der Waals surface area contributed by atoms with Crippen molar-refractivity contribution in [1.29, 1.82) is 0 Å². The molecule has 1 amide bonds. The van der Waals surface area contributed by atoms with Gasteiger partial charge in [-0.1, -0.05) is 33.6 Å². The van der Waals surface area contributed by atoms with Crippen molar-refractivity contribution in [3.8, 4) is 5.75 Å². The van der Waals surface area contributed by atoms with E-state index in [0.29, 0.717) is 19.4 Å². The van der Waals surface area contributed by atoms with Gasteiger partial charge < -0.3 is 10.4 Å². The summed E-state index contributed by atoms with van der Waals surface area (Å²) in [5, 5.41) is 14.8. The van der Waals surface area contributed by atoms with Crippen LogP contribution in [0.4, 0.5) is 5.69 Å². The quantitative estimate of drug-likeness (QED) is 0.412. The lowest BCUT2D eigenvalue weighted by Crippen LogP contribution is -2.13. The van der Waals surface area contributed by atoms with Gasteiger partial charge in [0.2, 0.25) is 5.78 Å². The van der Waals surface area contributed by atoms with Gasteiger partial charge in [0.15, 0.2) is 0 Å². The van der Waals surface area contributed by atoms with Crippen molar-refractivity contribution in [2.24, 2.45) is 0 Å². The fourth-order valence-corrected chi connectivity index (χ4v) is 4.32. The van der Waals surface area contributed by atoms with Crippen molar-refractivity contribution in [3.05, 3.63) is 77.8 Å². The highest BCUT2D eigenvalue weighted by Gasteiger charge is 2.18. The number of phenols is 1. The molecule has 0 aliphatic heterocycles. The molecule has 1 heterocycles. The van der Waals surface area contributed by atoms with Gasteiger partial charge in [0.05, 0.1) is 25.6 Å². The Bertz CT molecular complexity index is 1010. The molecule has 0 aliphatic rings. The summed E-state index contributed by atoms with van der Waals surface area (Å²) in [5.41, 5.74) is 0.763. The third-order valence-electron chi connectivity index (χ3n) is 3.49. The van der Waals surface area contributed by atoms with E-state index < -0.39 is 5.91 Å². The van der Waals surface area contributed by atoms with E-state index in [1.807, 2.05) is 5.38 Å². The number of aromatic hydroxyl groups is 1. The van der Waals surface area contributed by atoms with Gasteiger partial charge in [0.1, 0.15) is 5.75 Å². The Balaban J connectivity index is 1.92. The summed E-state index contributed by atoms with van der Waals surface area (Å²) >= 11 is 14.0. The number of nitrogens with one attached hydrogen (secondary N) is 1. The van der Waals surface area contributed by atoms with Gasteiger partial charge >= 0.3 is 0 Å². The Morgan fingerprint density at radius 3 is 2.58 bits per heavy atom. The number of hydrogen-bond acceptors (Lipinski definition) is 4. The van der Waals surface area contributed by atoms with Crippen LogP contribution in [0.25, 0.3) is 0 Å². The van der Waals surface area contributed by atoms with Gasteiger partial charge in [-0.3, -0.25) is 9.59 Å². The van der Waals surface area contributed by atoms with Gasteiger partial charge in [-0.2, -0.15) is 0 Å². The summed E-state index contributed by atoms with van der Waals surface area (Å²) in [7, 11) is 0. The molecule has 0 radical (unpaired) electrons. The lowest BCUT2D eigenvalue weighted by atomic mass is 10.1. The number of rotatable bonds is 4. The number of phenolic OH excluding ortho intramolecular Hbond substituents is 1. The first-order chi connectivity index (χ1) is 12.4. The minimum atomic E-state index is -0.549. The second kappa shape index (κ2) is 7.92. The van der Waals surface area contributed by atoms with E-state index in [-0.39, 0.29) is 27.8 Å². The summed E-state index contributed by atoms with van der Waals surface area (Å²) in [6.07, 6.45) is 0. The molecule has 2 N–H and O–H groups in total. The minimum absolute atomic E-state index is 0.0669. The Labute approximate surface area is 175 Å². The zero-order valence-corrected chi connectivity index (χ0v) is 17.7. The predicted octanol–water partition coefficient (Wildman–Crippen LogP) is 6.12. The van der Waals surface area contributed by atoms with Crippen molar-refractivity contribution in [1.82, 2.24) is 0 Å². The number of anilines is 1. The molecule has 132 valence electrons. The molecule has 3 rings (SSSR count). The van der Waals surface area contributed by atoms with Crippen LogP contribution in [0.3, 0.4) is 0 Å². The molecule has 4 nitrogen and oxygen atoms in total. The predicted molar refractivity (Wildman–Crippen MR) is 111 cm³/mol. The van der Waals surface area contributed by atoms with Crippen molar-refractivity contribution >= 4 is 72.2 Å². The maximum absolute atomic E-state index is 12.5. The van der Waals surface area contributed by atoms with Crippen molar-refractivity contribution < 1.29 is 14.7 Å². The Kier molecular flexibility index (Phi) is 5.82. The van der Waals surface area contributed by atoms with Gasteiger partial charge in [0, 0.05) is 10.0 Å². The molecule has 1 aromatic heterocycles. The van der Waals surface area contributed by atoms with Crippen LogP contribution < -0.4 is 5.32 Å². The largest absolute Gasteiger partial charge is 0.506 e. The number of ketones is 1. The maximum atomic E-state index is 12.5. The second-order valence-corrected chi connectivity index (χ2v) is 8.36. The highest BCUT2D eigenvalue weighted by atomic mass is 79.9. The van der Waals surface area contributed by atoms with Crippen LogP contribution in [0, 0.1) is 0 Å². The lowest BCUT2D eigenvalue weighted by Gasteiger charge is -2.11. The minimum Gasteiger partial charge on any atom is -0.506 e. The van der Waals surface area contributed by atoms with E-state index in [0.717, 1.165) is 0 Å².